The molecule has 1 aliphatic rings. The molecule has 1 fully saturated rings. The van der Waals surface area contributed by atoms with Crippen molar-refractivity contribution in [3.63, 3.8) is 0 Å². The normalized spacial score (nSPS) is 18.9. The SMILES string of the molecule is CC(C)(C)[Si](C)(C)O[C@H]1CCN(c2cc3cn[nH]c3cc2[N+](=O)[O-])C1. The van der Waals surface area contributed by atoms with Crippen LogP contribution in [-0.2, 0) is 4.43 Å². The van der Waals surface area contributed by atoms with Crippen molar-refractivity contribution in [2.45, 2.75) is 51.4 Å². The van der Waals surface area contributed by atoms with E-state index in [1.54, 1.807) is 12.3 Å². The van der Waals surface area contributed by atoms with Gasteiger partial charge in [-0.15, -0.1) is 0 Å². The lowest BCUT2D eigenvalue weighted by Gasteiger charge is -2.38. The maximum atomic E-state index is 11.5. The summed E-state index contributed by atoms with van der Waals surface area (Å²) in [4.78, 5) is 13.3. The lowest BCUT2D eigenvalue weighted by molar-refractivity contribution is -0.384. The van der Waals surface area contributed by atoms with Gasteiger partial charge in [0.25, 0.3) is 5.69 Å². The fourth-order valence-corrected chi connectivity index (χ4v) is 4.38. The average molecular weight is 363 g/mol. The Balaban J connectivity index is 1.83. The maximum Gasteiger partial charge on any atom is 0.294 e. The van der Waals surface area contributed by atoms with Crippen molar-refractivity contribution in [3.05, 3.63) is 28.4 Å². The lowest BCUT2D eigenvalue weighted by Crippen LogP contribution is -2.44. The fraction of sp³-hybridized carbons (Fsp3) is 0.588. The molecule has 7 nitrogen and oxygen atoms in total. The highest BCUT2D eigenvalue weighted by molar-refractivity contribution is 6.74. The number of benzene rings is 1. The molecule has 0 aliphatic carbocycles. The molecular formula is C17H26N4O3Si. The highest BCUT2D eigenvalue weighted by atomic mass is 28.4. The smallest absolute Gasteiger partial charge is 0.294 e. The Morgan fingerprint density at radius 1 is 1.40 bits per heavy atom. The molecule has 1 aliphatic heterocycles. The second-order valence-electron chi connectivity index (χ2n) is 8.29. The van der Waals surface area contributed by atoms with Crippen molar-refractivity contribution in [1.82, 2.24) is 10.2 Å². The molecule has 0 amide bonds. The van der Waals surface area contributed by atoms with E-state index in [0.717, 1.165) is 18.4 Å². The molecule has 2 heterocycles. The first-order valence-corrected chi connectivity index (χ1v) is 11.5. The van der Waals surface area contributed by atoms with Gasteiger partial charge in [0.2, 0.25) is 0 Å². The number of hydrogen-bond donors (Lipinski definition) is 1. The van der Waals surface area contributed by atoms with Crippen molar-refractivity contribution in [2.75, 3.05) is 18.0 Å². The van der Waals surface area contributed by atoms with Gasteiger partial charge in [0, 0.05) is 24.5 Å². The number of aromatic amines is 1. The molecule has 25 heavy (non-hydrogen) atoms. The number of nitro groups is 1. The predicted molar refractivity (Wildman–Crippen MR) is 102 cm³/mol. The van der Waals surface area contributed by atoms with Gasteiger partial charge >= 0.3 is 0 Å². The number of fused-ring (bicyclic) bond motifs is 1. The summed E-state index contributed by atoms with van der Waals surface area (Å²) in [7, 11) is -1.84. The van der Waals surface area contributed by atoms with Gasteiger partial charge in [0.1, 0.15) is 5.69 Å². The molecule has 1 saturated heterocycles. The maximum absolute atomic E-state index is 11.5. The summed E-state index contributed by atoms with van der Waals surface area (Å²) in [6.07, 6.45) is 2.72. The lowest BCUT2D eigenvalue weighted by atomic mass is 10.2. The first-order valence-electron chi connectivity index (χ1n) is 8.63. The van der Waals surface area contributed by atoms with Gasteiger partial charge in [-0.2, -0.15) is 5.10 Å². The van der Waals surface area contributed by atoms with Crippen molar-refractivity contribution in [2.24, 2.45) is 0 Å². The zero-order valence-corrected chi connectivity index (χ0v) is 16.5. The van der Waals surface area contributed by atoms with Crippen LogP contribution >= 0.6 is 0 Å². The van der Waals surface area contributed by atoms with Crippen LogP contribution in [0.25, 0.3) is 10.9 Å². The van der Waals surface area contributed by atoms with Crippen molar-refractivity contribution < 1.29 is 9.35 Å². The number of anilines is 1. The summed E-state index contributed by atoms with van der Waals surface area (Å²) in [6, 6.07) is 3.42. The summed E-state index contributed by atoms with van der Waals surface area (Å²) in [5.74, 6) is 0. The molecular weight excluding hydrogens is 336 g/mol. The number of H-pyrrole nitrogens is 1. The minimum absolute atomic E-state index is 0.115. The fourth-order valence-electron chi connectivity index (χ4n) is 3.00. The molecule has 1 aromatic carbocycles. The van der Waals surface area contributed by atoms with Gasteiger partial charge in [-0.25, -0.2) is 0 Å². The molecule has 0 unspecified atom stereocenters. The van der Waals surface area contributed by atoms with E-state index in [4.69, 9.17) is 4.43 Å². The van der Waals surface area contributed by atoms with Gasteiger partial charge in [0.15, 0.2) is 8.32 Å². The van der Waals surface area contributed by atoms with Crippen LogP contribution in [0.3, 0.4) is 0 Å². The average Bonchev–Trinajstić information content (AvgIpc) is 3.12. The van der Waals surface area contributed by atoms with E-state index < -0.39 is 8.32 Å². The standard InChI is InChI=1S/C17H26N4O3Si/c1-17(2,3)25(4,5)24-13-6-7-20(11-13)15-8-12-10-18-19-14(12)9-16(15)21(22)23/h8-10,13H,6-7,11H2,1-5H3,(H,18,19)/t13-/m0/s1. The van der Waals surface area contributed by atoms with Crippen LogP contribution in [0.1, 0.15) is 27.2 Å². The molecule has 2 aromatic rings. The van der Waals surface area contributed by atoms with Crippen molar-refractivity contribution in [3.8, 4) is 0 Å². The second-order valence-corrected chi connectivity index (χ2v) is 13.0. The summed E-state index contributed by atoms with van der Waals surface area (Å²) in [5, 5.41) is 19.3. The van der Waals surface area contributed by atoms with Crippen molar-refractivity contribution >= 4 is 30.6 Å². The van der Waals surface area contributed by atoms with Crippen LogP contribution < -0.4 is 4.90 Å². The molecule has 8 heteroatoms. The van der Waals surface area contributed by atoms with E-state index in [-0.39, 0.29) is 21.8 Å². The van der Waals surface area contributed by atoms with Gasteiger partial charge in [-0.1, -0.05) is 20.8 Å². The minimum atomic E-state index is -1.84. The molecule has 0 spiro atoms. The molecule has 0 bridgehead atoms. The molecule has 1 aromatic heterocycles. The van der Waals surface area contributed by atoms with E-state index in [1.165, 1.54) is 0 Å². The number of nitrogens with one attached hydrogen (secondary N) is 1. The van der Waals surface area contributed by atoms with Gasteiger partial charge in [0.05, 0.1) is 22.7 Å². The van der Waals surface area contributed by atoms with Gasteiger partial charge in [-0.3, -0.25) is 15.2 Å². The summed E-state index contributed by atoms with van der Waals surface area (Å²) < 4.78 is 6.50. The number of aromatic nitrogens is 2. The Morgan fingerprint density at radius 3 is 2.76 bits per heavy atom. The van der Waals surface area contributed by atoms with Crippen LogP contribution in [0.5, 0.6) is 0 Å². The van der Waals surface area contributed by atoms with E-state index in [9.17, 15) is 10.1 Å². The third-order valence-electron chi connectivity index (χ3n) is 5.49. The van der Waals surface area contributed by atoms with Gasteiger partial charge in [-0.05, 0) is 30.6 Å². The van der Waals surface area contributed by atoms with E-state index in [1.807, 2.05) is 6.07 Å². The molecule has 0 radical (unpaired) electrons. The Kier molecular flexibility index (Phi) is 4.36. The molecule has 136 valence electrons. The molecule has 1 N–H and O–H groups in total. The topological polar surface area (TPSA) is 84.3 Å². The number of nitrogens with zero attached hydrogens (tertiary/aromatic N) is 3. The van der Waals surface area contributed by atoms with Crippen LogP contribution in [0.4, 0.5) is 11.4 Å². The number of hydrogen-bond acceptors (Lipinski definition) is 5. The summed E-state index contributed by atoms with van der Waals surface area (Å²) in [6.45, 7) is 12.6. The molecule has 0 saturated carbocycles. The van der Waals surface area contributed by atoms with E-state index >= 15 is 0 Å². The minimum Gasteiger partial charge on any atom is -0.412 e. The number of nitro benzene ring substituents is 1. The number of rotatable bonds is 4. The zero-order chi connectivity index (χ0) is 18.4. The monoisotopic (exact) mass is 362 g/mol. The summed E-state index contributed by atoms with van der Waals surface area (Å²) >= 11 is 0. The first-order chi connectivity index (χ1) is 11.6. The van der Waals surface area contributed by atoms with Crippen LogP contribution in [0.2, 0.25) is 18.1 Å². The Morgan fingerprint density at radius 2 is 2.12 bits per heavy atom. The Hall–Kier alpha value is -1.93. The molecule has 3 rings (SSSR count). The van der Waals surface area contributed by atoms with E-state index in [0.29, 0.717) is 17.7 Å². The highest BCUT2D eigenvalue weighted by Crippen LogP contribution is 2.40. The third kappa shape index (κ3) is 3.41. The molecule has 1 atom stereocenters. The quantitative estimate of drug-likeness (QED) is 0.503. The Labute approximate surface area is 148 Å². The predicted octanol–water partition coefficient (Wildman–Crippen LogP) is 4.07. The Bertz CT molecular complexity index is 797. The first kappa shape index (κ1) is 17.9. The van der Waals surface area contributed by atoms with Crippen molar-refractivity contribution in [1.29, 1.82) is 0 Å². The second kappa shape index (κ2) is 6.10. The van der Waals surface area contributed by atoms with Crippen LogP contribution in [0.15, 0.2) is 18.3 Å². The summed E-state index contributed by atoms with van der Waals surface area (Å²) in [5.41, 5.74) is 1.45. The van der Waals surface area contributed by atoms with Crippen LogP contribution in [-0.4, -0.2) is 42.6 Å². The van der Waals surface area contributed by atoms with Gasteiger partial charge < -0.3 is 9.33 Å². The highest BCUT2D eigenvalue weighted by Gasteiger charge is 2.41. The largest absolute Gasteiger partial charge is 0.412 e. The van der Waals surface area contributed by atoms with E-state index in [2.05, 4.69) is 49.0 Å². The van der Waals surface area contributed by atoms with Crippen LogP contribution in [0, 0.1) is 10.1 Å². The third-order valence-corrected chi connectivity index (χ3v) is 10.0. The zero-order valence-electron chi connectivity index (χ0n) is 15.5.